The average molecular weight is 415 g/mol. The van der Waals surface area contributed by atoms with Gasteiger partial charge in [0.15, 0.2) is 0 Å². The summed E-state index contributed by atoms with van der Waals surface area (Å²) >= 11 is 0. The molecule has 158 valence electrons. The van der Waals surface area contributed by atoms with Gasteiger partial charge in [0.1, 0.15) is 6.54 Å². The summed E-state index contributed by atoms with van der Waals surface area (Å²) in [6, 6.07) is -2.13. The maximum absolute atomic E-state index is 13.6. The zero-order chi connectivity index (χ0) is 21.4. The van der Waals surface area contributed by atoms with Crippen molar-refractivity contribution in [3.05, 3.63) is 25.3 Å². The summed E-state index contributed by atoms with van der Waals surface area (Å²) in [6.07, 6.45) is 3.42. The van der Waals surface area contributed by atoms with E-state index in [0.29, 0.717) is 6.42 Å². The number of quaternary nitrogens is 1. The SMILES string of the molecule is C=CCN1C(=O)N(CCC)C(=O)[N+](CC=C)([Si](OCC)(OCC)OCC)C1=O. The Morgan fingerprint density at radius 1 is 0.893 bits per heavy atom. The monoisotopic (exact) mass is 414 g/mol. The second-order valence-electron chi connectivity index (χ2n) is 6.00. The topological polar surface area (TPSA) is 85.4 Å². The van der Waals surface area contributed by atoms with Crippen LogP contribution in [0.3, 0.4) is 0 Å². The van der Waals surface area contributed by atoms with E-state index in [1.165, 1.54) is 12.2 Å². The number of amides is 6. The van der Waals surface area contributed by atoms with Crippen molar-refractivity contribution in [3.8, 4) is 0 Å². The van der Waals surface area contributed by atoms with Crippen molar-refractivity contribution < 1.29 is 31.8 Å². The molecule has 1 heterocycles. The third-order valence-electron chi connectivity index (χ3n) is 4.19. The summed E-state index contributed by atoms with van der Waals surface area (Å²) in [5, 5.41) is 0. The van der Waals surface area contributed by atoms with Crippen LogP contribution in [0.2, 0.25) is 0 Å². The Hall–Kier alpha value is -1.85. The lowest BCUT2D eigenvalue weighted by Gasteiger charge is -2.47. The van der Waals surface area contributed by atoms with Crippen LogP contribution in [0.5, 0.6) is 0 Å². The van der Waals surface area contributed by atoms with Crippen LogP contribution in [0.15, 0.2) is 25.3 Å². The molecule has 9 nitrogen and oxygen atoms in total. The van der Waals surface area contributed by atoms with Gasteiger partial charge < -0.3 is 13.3 Å². The fraction of sp³-hybridized carbons (Fsp3) is 0.611. The van der Waals surface area contributed by atoms with Gasteiger partial charge in [-0.3, -0.25) is 0 Å². The Bertz CT molecular complexity index is 597. The van der Waals surface area contributed by atoms with Crippen LogP contribution in [0, 0.1) is 0 Å². The molecule has 1 rings (SSSR count). The van der Waals surface area contributed by atoms with Crippen molar-refractivity contribution in [1.82, 2.24) is 9.80 Å². The molecule has 0 aliphatic carbocycles. The highest BCUT2D eigenvalue weighted by Crippen LogP contribution is 2.34. The van der Waals surface area contributed by atoms with E-state index in [1.54, 1.807) is 20.8 Å². The van der Waals surface area contributed by atoms with Crippen LogP contribution >= 0.6 is 0 Å². The van der Waals surface area contributed by atoms with Crippen LogP contribution < -0.4 is 0 Å². The smallest absolute Gasteiger partial charge is 0.324 e. The fourth-order valence-corrected chi connectivity index (χ4v) is 6.27. The Morgan fingerprint density at radius 2 is 1.39 bits per heavy atom. The molecule has 0 spiro atoms. The molecule has 0 N–H and O–H groups in total. The summed E-state index contributed by atoms with van der Waals surface area (Å²) in [4.78, 5) is 42.1. The molecule has 1 aliphatic heterocycles. The minimum absolute atomic E-state index is 0.0445. The van der Waals surface area contributed by atoms with Crippen molar-refractivity contribution in [2.24, 2.45) is 0 Å². The van der Waals surface area contributed by atoms with E-state index in [1.807, 2.05) is 6.92 Å². The standard InChI is InChI=1S/C18H32N3O6Si/c1-7-13-19-16(22)20(14-8-2)18(24)21(15-9-3,17(19)23)28(25-10-4,26-11-5)27-12-6/h7,9H,1,3,8,10-15H2,2,4-6H3/q+1. The Kier molecular flexibility index (Phi) is 9.18. The number of urea groups is 3. The zero-order valence-corrected chi connectivity index (χ0v) is 18.3. The first kappa shape index (κ1) is 24.2. The molecule has 0 saturated carbocycles. The summed E-state index contributed by atoms with van der Waals surface area (Å²) in [5.74, 6) is 0. The van der Waals surface area contributed by atoms with Crippen molar-refractivity contribution >= 4 is 27.1 Å². The van der Waals surface area contributed by atoms with E-state index in [9.17, 15) is 14.4 Å². The van der Waals surface area contributed by atoms with Gasteiger partial charge in [-0.2, -0.15) is 0 Å². The third kappa shape index (κ3) is 3.96. The minimum atomic E-state index is -3.97. The first-order valence-corrected chi connectivity index (χ1v) is 11.2. The highest BCUT2D eigenvalue weighted by atomic mass is 28.4. The Morgan fingerprint density at radius 3 is 1.79 bits per heavy atom. The van der Waals surface area contributed by atoms with Crippen molar-refractivity contribution in [2.75, 3.05) is 39.5 Å². The van der Waals surface area contributed by atoms with Crippen LogP contribution in [0.1, 0.15) is 34.1 Å². The van der Waals surface area contributed by atoms with E-state index in [4.69, 9.17) is 13.3 Å². The lowest BCUT2D eigenvalue weighted by atomic mass is 10.3. The number of hydrogen-bond donors (Lipinski definition) is 0. The Balaban J connectivity index is 3.81. The average Bonchev–Trinajstić information content (AvgIpc) is 2.66. The number of rotatable bonds is 13. The van der Waals surface area contributed by atoms with Crippen molar-refractivity contribution in [2.45, 2.75) is 34.1 Å². The first-order valence-electron chi connectivity index (χ1n) is 9.57. The molecule has 10 heteroatoms. The molecular weight excluding hydrogens is 382 g/mol. The van der Waals surface area contributed by atoms with E-state index in [2.05, 4.69) is 13.2 Å². The highest BCUT2D eigenvalue weighted by Gasteiger charge is 2.78. The molecule has 0 radical (unpaired) electrons. The molecule has 0 aromatic carbocycles. The van der Waals surface area contributed by atoms with Gasteiger partial charge in [-0.05, 0) is 33.3 Å². The van der Waals surface area contributed by atoms with E-state index < -0.39 is 31.2 Å². The lowest BCUT2D eigenvalue weighted by molar-refractivity contribution is -0.701. The second-order valence-corrected chi connectivity index (χ2v) is 8.68. The fourth-order valence-electron chi connectivity index (χ4n) is 3.20. The molecule has 0 aromatic heterocycles. The predicted octanol–water partition coefficient (Wildman–Crippen LogP) is 3.11. The molecule has 1 saturated heterocycles. The van der Waals surface area contributed by atoms with Gasteiger partial charge in [-0.25, -0.2) is 24.2 Å². The molecular formula is C18H32N3O6Si+. The van der Waals surface area contributed by atoms with Gasteiger partial charge in [0.05, 0.1) is 6.54 Å². The summed E-state index contributed by atoms with van der Waals surface area (Å²) in [5.41, 5.74) is 0. The minimum Gasteiger partial charge on any atom is -0.324 e. The largest absolute Gasteiger partial charge is 0.803 e. The van der Waals surface area contributed by atoms with Crippen LogP contribution in [0.4, 0.5) is 14.4 Å². The molecule has 1 atom stereocenters. The maximum Gasteiger partial charge on any atom is 0.803 e. The van der Waals surface area contributed by atoms with Gasteiger partial charge in [-0.15, -0.1) is 10.7 Å². The van der Waals surface area contributed by atoms with E-state index >= 15 is 0 Å². The van der Waals surface area contributed by atoms with Gasteiger partial charge in [0, 0.05) is 26.4 Å². The van der Waals surface area contributed by atoms with Crippen LogP contribution in [-0.2, 0) is 13.3 Å². The molecule has 6 amide bonds. The van der Waals surface area contributed by atoms with Crippen LogP contribution in [0.25, 0.3) is 0 Å². The third-order valence-corrected chi connectivity index (χ3v) is 7.65. The molecule has 1 fully saturated rings. The summed E-state index contributed by atoms with van der Waals surface area (Å²) in [7, 11) is -3.97. The van der Waals surface area contributed by atoms with Crippen molar-refractivity contribution in [1.29, 1.82) is 0 Å². The van der Waals surface area contributed by atoms with Gasteiger partial charge in [0.2, 0.25) is 0 Å². The number of nitrogens with zero attached hydrogens (tertiary/aromatic N) is 3. The number of carbonyl (C=O) groups is 3. The molecule has 28 heavy (non-hydrogen) atoms. The van der Waals surface area contributed by atoms with Gasteiger partial charge in [0.25, 0.3) is 0 Å². The number of carbonyl (C=O) groups excluding carboxylic acids is 3. The molecule has 1 unspecified atom stereocenters. The first-order chi connectivity index (χ1) is 13.4. The molecule has 0 aromatic rings. The summed E-state index contributed by atoms with van der Waals surface area (Å²) < 4.78 is 16.9. The zero-order valence-electron chi connectivity index (χ0n) is 17.3. The summed E-state index contributed by atoms with van der Waals surface area (Å²) in [6.45, 7) is 14.9. The second kappa shape index (κ2) is 10.6. The van der Waals surface area contributed by atoms with E-state index in [0.717, 1.165) is 9.80 Å². The number of imide groups is 3. The van der Waals surface area contributed by atoms with E-state index in [-0.39, 0.29) is 39.5 Å². The predicted molar refractivity (Wildman–Crippen MR) is 106 cm³/mol. The maximum atomic E-state index is 13.6. The molecule has 0 bridgehead atoms. The van der Waals surface area contributed by atoms with Gasteiger partial charge >= 0.3 is 27.1 Å². The molecule has 1 aliphatic rings. The highest BCUT2D eigenvalue weighted by molar-refractivity contribution is 6.57. The van der Waals surface area contributed by atoms with Crippen LogP contribution in [-0.4, -0.2) is 80.5 Å². The normalized spacial score (nSPS) is 20.6. The quantitative estimate of drug-likeness (QED) is 0.340. The lowest BCUT2D eigenvalue weighted by Crippen LogP contribution is -2.85. The van der Waals surface area contributed by atoms with Gasteiger partial charge in [-0.1, -0.05) is 19.6 Å². The number of hydrogen-bond acceptors (Lipinski definition) is 6. The van der Waals surface area contributed by atoms with Crippen molar-refractivity contribution in [3.63, 3.8) is 0 Å². The Labute approximate surface area is 168 Å².